The minimum Gasteiger partial charge on any atom is -0.389 e. The summed E-state index contributed by atoms with van der Waals surface area (Å²) in [6, 6.07) is 3.39. The van der Waals surface area contributed by atoms with Crippen LogP contribution in [0.2, 0.25) is 0 Å². The third-order valence-corrected chi connectivity index (χ3v) is 1.29. The van der Waals surface area contributed by atoms with Crippen molar-refractivity contribution in [2.24, 2.45) is 0 Å². The second kappa shape index (κ2) is 2.66. The molecule has 3 N–H and O–H groups in total. The predicted molar refractivity (Wildman–Crippen MR) is 39.3 cm³/mol. The van der Waals surface area contributed by atoms with Gasteiger partial charge in [-0.2, -0.15) is 0 Å². The van der Waals surface area contributed by atoms with Gasteiger partial charge in [-0.05, 0) is 24.6 Å². The fourth-order valence-corrected chi connectivity index (χ4v) is 0.725. The van der Waals surface area contributed by atoms with Crippen LogP contribution in [0.25, 0.3) is 0 Å². The molecule has 0 fully saturated rings. The molecule has 0 unspecified atom stereocenters. The quantitative estimate of drug-likeness (QED) is 0.601. The van der Waals surface area contributed by atoms with E-state index in [1.54, 1.807) is 25.3 Å². The predicted octanol–water partition coefficient (Wildman–Crippen LogP) is 0.717. The van der Waals surface area contributed by atoms with Crippen molar-refractivity contribution in [1.82, 2.24) is 4.98 Å². The molecule has 0 bridgehead atoms. The number of rotatable bonds is 1. The minimum absolute atomic E-state index is 0.443. The lowest BCUT2D eigenvalue weighted by molar-refractivity contribution is 0.199. The summed E-state index contributed by atoms with van der Waals surface area (Å²) in [6.45, 7) is 1.69. The first-order chi connectivity index (χ1) is 4.70. The summed E-state index contributed by atoms with van der Waals surface area (Å²) < 4.78 is 0. The molecule has 0 aliphatic heterocycles. The van der Waals surface area contributed by atoms with E-state index in [9.17, 15) is 0 Å². The first kappa shape index (κ1) is 7.02. The van der Waals surface area contributed by atoms with Crippen LogP contribution in [-0.2, 0) is 0 Å². The Morgan fingerprint density at radius 1 is 1.70 bits per heavy atom. The molecule has 0 amide bonds. The number of aliphatic hydroxyl groups is 1. The zero-order chi connectivity index (χ0) is 7.56. The van der Waals surface area contributed by atoms with Gasteiger partial charge in [0.15, 0.2) is 0 Å². The summed E-state index contributed by atoms with van der Waals surface area (Å²) in [5.74, 6) is 0.443. The van der Waals surface area contributed by atoms with E-state index in [1.165, 1.54) is 0 Å². The third kappa shape index (κ3) is 1.45. The van der Waals surface area contributed by atoms with Gasteiger partial charge in [-0.3, -0.25) is 0 Å². The zero-order valence-corrected chi connectivity index (χ0v) is 5.78. The zero-order valence-electron chi connectivity index (χ0n) is 5.78. The second-order valence-electron chi connectivity index (χ2n) is 2.19. The largest absolute Gasteiger partial charge is 0.389 e. The van der Waals surface area contributed by atoms with Crippen molar-refractivity contribution < 1.29 is 5.11 Å². The van der Waals surface area contributed by atoms with E-state index < -0.39 is 6.10 Å². The van der Waals surface area contributed by atoms with E-state index in [-0.39, 0.29) is 0 Å². The Morgan fingerprint density at radius 3 is 2.80 bits per heavy atom. The average Bonchev–Trinajstić information content (AvgIpc) is 1.88. The van der Waals surface area contributed by atoms with E-state index in [0.29, 0.717) is 5.82 Å². The lowest BCUT2D eigenvalue weighted by Gasteiger charge is -2.02. The standard InChI is InChI=1S/C7H10N2O/c1-5(10)6-2-3-9-7(8)4-6/h2-5,10H,1H3,(H2,8,9)/t5-/m1/s1. The van der Waals surface area contributed by atoms with Crippen LogP contribution >= 0.6 is 0 Å². The number of nitrogens with zero attached hydrogens (tertiary/aromatic N) is 1. The van der Waals surface area contributed by atoms with Gasteiger partial charge in [-0.1, -0.05) is 0 Å². The molecule has 0 spiro atoms. The Labute approximate surface area is 59.5 Å². The monoisotopic (exact) mass is 138 g/mol. The number of nitrogens with two attached hydrogens (primary N) is 1. The molecule has 0 aliphatic rings. The van der Waals surface area contributed by atoms with E-state index >= 15 is 0 Å². The van der Waals surface area contributed by atoms with Gasteiger partial charge in [0.2, 0.25) is 0 Å². The lowest BCUT2D eigenvalue weighted by Crippen LogP contribution is -1.95. The highest BCUT2D eigenvalue weighted by Gasteiger charge is 1.98. The number of nitrogen functional groups attached to an aromatic ring is 1. The van der Waals surface area contributed by atoms with Crippen molar-refractivity contribution in [3.05, 3.63) is 23.9 Å². The molecule has 1 rings (SSSR count). The van der Waals surface area contributed by atoms with Crippen molar-refractivity contribution in [2.75, 3.05) is 5.73 Å². The molecular weight excluding hydrogens is 128 g/mol. The highest BCUT2D eigenvalue weighted by molar-refractivity contribution is 5.32. The highest BCUT2D eigenvalue weighted by Crippen LogP contribution is 2.11. The molecule has 0 saturated carbocycles. The van der Waals surface area contributed by atoms with E-state index in [2.05, 4.69) is 4.98 Å². The Morgan fingerprint density at radius 2 is 2.40 bits per heavy atom. The summed E-state index contributed by atoms with van der Waals surface area (Å²) in [5.41, 5.74) is 6.17. The van der Waals surface area contributed by atoms with Crippen LogP contribution in [-0.4, -0.2) is 10.1 Å². The van der Waals surface area contributed by atoms with Crippen molar-refractivity contribution in [2.45, 2.75) is 13.0 Å². The van der Waals surface area contributed by atoms with Gasteiger partial charge in [0.05, 0.1) is 6.10 Å². The molecule has 3 nitrogen and oxygen atoms in total. The Kier molecular flexibility index (Phi) is 1.87. The molecule has 0 aromatic carbocycles. The molecule has 1 aromatic heterocycles. The summed E-state index contributed by atoms with van der Waals surface area (Å²) in [6.07, 6.45) is 1.11. The topological polar surface area (TPSA) is 59.1 Å². The van der Waals surface area contributed by atoms with Crippen LogP contribution in [0.15, 0.2) is 18.3 Å². The molecule has 0 aliphatic carbocycles. The van der Waals surface area contributed by atoms with Gasteiger partial charge in [-0.25, -0.2) is 4.98 Å². The van der Waals surface area contributed by atoms with Crippen LogP contribution in [0, 0.1) is 0 Å². The van der Waals surface area contributed by atoms with Crippen LogP contribution in [0.5, 0.6) is 0 Å². The summed E-state index contributed by atoms with van der Waals surface area (Å²) in [4.78, 5) is 3.79. The maximum atomic E-state index is 9.06. The van der Waals surface area contributed by atoms with Crippen LogP contribution in [0.3, 0.4) is 0 Å². The van der Waals surface area contributed by atoms with E-state index in [0.717, 1.165) is 5.56 Å². The summed E-state index contributed by atoms with van der Waals surface area (Å²) in [7, 11) is 0. The van der Waals surface area contributed by atoms with Crippen LogP contribution in [0.1, 0.15) is 18.6 Å². The molecule has 0 radical (unpaired) electrons. The molecule has 10 heavy (non-hydrogen) atoms. The van der Waals surface area contributed by atoms with Crippen molar-refractivity contribution in [1.29, 1.82) is 0 Å². The number of aromatic nitrogens is 1. The fraction of sp³-hybridized carbons (Fsp3) is 0.286. The molecular formula is C7H10N2O. The Bertz CT molecular complexity index is 223. The first-order valence-corrected chi connectivity index (χ1v) is 3.09. The average molecular weight is 138 g/mol. The number of hydrogen-bond donors (Lipinski definition) is 2. The van der Waals surface area contributed by atoms with E-state index in [4.69, 9.17) is 10.8 Å². The van der Waals surface area contributed by atoms with E-state index in [1.807, 2.05) is 0 Å². The van der Waals surface area contributed by atoms with Gasteiger partial charge < -0.3 is 10.8 Å². The van der Waals surface area contributed by atoms with Crippen molar-refractivity contribution in [3.8, 4) is 0 Å². The lowest BCUT2D eigenvalue weighted by atomic mass is 10.2. The smallest absolute Gasteiger partial charge is 0.123 e. The fourth-order valence-electron chi connectivity index (χ4n) is 0.725. The Balaban J connectivity index is 2.96. The molecule has 1 atom stereocenters. The first-order valence-electron chi connectivity index (χ1n) is 3.09. The second-order valence-corrected chi connectivity index (χ2v) is 2.19. The molecule has 3 heteroatoms. The Hall–Kier alpha value is -1.09. The van der Waals surface area contributed by atoms with Gasteiger partial charge in [0.1, 0.15) is 5.82 Å². The van der Waals surface area contributed by atoms with Gasteiger partial charge in [0, 0.05) is 6.20 Å². The number of pyridine rings is 1. The molecule has 1 heterocycles. The summed E-state index contributed by atoms with van der Waals surface area (Å²) >= 11 is 0. The molecule has 0 saturated heterocycles. The highest BCUT2D eigenvalue weighted by atomic mass is 16.3. The number of aliphatic hydroxyl groups excluding tert-OH is 1. The molecule has 1 aromatic rings. The summed E-state index contributed by atoms with van der Waals surface area (Å²) in [5, 5.41) is 9.06. The normalized spacial score (nSPS) is 13.0. The van der Waals surface area contributed by atoms with Gasteiger partial charge >= 0.3 is 0 Å². The minimum atomic E-state index is -0.467. The van der Waals surface area contributed by atoms with Crippen molar-refractivity contribution >= 4 is 5.82 Å². The van der Waals surface area contributed by atoms with Crippen LogP contribution in [0.4, 0.5) is 5.82 Å². The number of hydrogen-bond acceptors (Lipinski definition) is 3. The third-order valence-electron chi connectivity index (χ3n) is 1.29. The number of anilines is 1. The maximum Gasteiger partial charge on any atom is 0.123 e. The maximum absolute atomic E-state index is 9.06. The van der Waals surface area contributed by atoms with Gasteiger partial charge in [0.25, 0.3) is 0 Å². The van der Waals surface area contributed by atoms with Gasteiger partial charge in [-0.15, -0.1) is 0 Å². The van der Waals surface area contributed by atoms with Crippen molar-refractivity contribution in [3.63, 3.8) is 0 Å². The van der Waals surface area contributed by atoms with Crippen LogP contribution < -0.4 is 5.73 Å². The SMILES string of the molecule is C[C@@H](O)c1ccnc(N)c1. The molecule has 54 valence electrons.